The molecule has 0 aromatic heterocycles. The van der Waals surface area contributed by atoms with Gasteiger partial charge in [0.1, 0.15) is 4.49 Å². The summed E-state index contributed by atoms with van der Waals surface area (Å²) in [6.07, 6.45) is 1.56. The molecule has 0 spiro atoms. The Bertz CT molecular complexity index is 313. The van der Waals surface area contributed by atoms with E-state index in [2.05, 4.69) is 0 Å². The Labute approximate surface area is 90.7 Å². The van der Waals surface area contributed by atoms with Gasteiger partial charge >= 0.3 is 0 Å². The van der Waals surface area contributed by atoms with E-state index in [1.165, 1.54) is 0 Å². The van der Waals surface area contributed by atoms with Gasteiger partial charge in [0.25, 0.3) is 0 Å². The molecule has 1 aromatic carbocycles. The lowest BCUT2D eigenvalue weighted by Gasteiger charge is -1.97. The maximum atomic E-state index is 5.83. The molecule has 1 rings (SSSR count). The first-order valence-electron chi connectivity index (χ1n) is 3.07. The van der Waals surface area contributed by atoms with Crippen LogP contribution in [0.15, 0.2) is 22.7 Å². The van der Waals surface area contributed by atoms with E-state index < -0.39 is 0 Å². The minimum Gasteiger partial charge on any atom is -0.0843 e. The summed E-state index contributed by atoms with van der Waals surface area (Å²) in [5, 5.41) is 1.11. The highest BCUT2D eigenvalue weighted by Crippen LogP contribution is 2.24. The van der Waals surface area contributed by atoms with Gasteiger partial charge in [-0.1, -0.05) is 52.5 Å². The van der Waals surface area contributed by atoms with Crippen molar-refractivity contribution in [2.24, 2.45) is 0 Å². The first-order chi connectivity index (χ1) is 5.59. The molecule has 0 saturated carbocycles. The monoisotopic (exact) mass is 240 g/mol. The number of halogens is 4. The third-order valence-corrected chi connectivity index (χ3v) is 2.01. The summed E-state index contributed by atoms with van der Waals surface area (Å²) in [4.78, 5) is 0. The van der Waals surface area contributed by atoms with Crippen LogP contribution in [0.1, 0.15) is 5.56 Å². The van der Waals surface area contributed by atoms with Crippen molar-refractivity contribution >= 4 is 52.5 Å². The highest BCUT2D eigenvalue weighted by Gasteiger charge is 1.98. The maximum Gasteiger partial charge on any atom is 0.107 e. The van der Waals surface area contributed by atoms with Crippen molar-refractivity contribution in [2.45, 2.75) is 0 Å². The third-order valence-electron chi connectivity index (χ3n) is 1.23. The van der Waals surface area contributed by atoms with Crippen molar-refractivity contribution < 1.29 is 0 Å². The Morgan fingerprint density at radius 2 is 1.83 bits per heavy atom. The molecule has 4 heteroatoms. The molecular formula is C8H4Cl4. The second-order valence-electron chi connectivity index (χ2n) is 2.10. The minimum atomic E-state index is 0.166. The average Bonchev–Trinajstić information content (AvgIpc) is 1.94. The predicted molar refractivity (Wildman–Crippen MR) is 56.1 cm³/mol. The van der Waals surface area contributed by atoms with Crippen molar-refractivity contribution in [3.8, 4) is 0 Å². The number of hydrogen-bond donors (Lipinski definition) is 0. The summed E-state index contributed by atoms with van der Waals surface area (Å²) in [6.45, 7) is 0. The van der Waals surface area contributed by atoms with Crippen molar-refractivity contribution in [1.29, 1.82) is 0 Å². The molecule has 0 bridgehead atoms. The molecule has 1 aromatic rings. The van der Waals surface area contributed by atoms with Gasteiger partial charge in [-0.2, -0.15) is 0 Å². The van der Waals surface area contributed by atoms with Crippen LogP contribution >= 0.6 is 46.4 Å². The van der Waals surface area contributed by atoms with Crippen molar-refractivity contribution in [1.82, 2.24) is 0 Å². The lowest BCUT2D eigenvalue weighted by atomic mass is 10.2. The Morgan fingerprint density at radius 3 is 2.33 bits per heavy atom. The molecule has 0 aliphatic heterocycles. The lowest BCUT2D eigenvalue weighted by Crippen LogP contribution is -1.74. The van der Waals surface area contributed by atoms with E-state index in [1.54, 1.807) is 24.3 Å². The van der Waals surface area contributed by atoms with E-state index in [1.807, 2.05) is 0 Å². The minimum absolute atomic E-state index is 0.166. The Balaban J connectivity index is 3.10. The first-order valence-corrected chi connectivity index (χ1v) is 4.58. The van der Waals surface area contributed by atoms with E-state index in [-0.39, 0.29) is 4.49 Å². The molecule has 0 heterocycles. The van der Waals surface area contributed by atoms with Gasteiger partial charge in [-0.15, -0.1) is 0 Å². The molecule has 0 aliphatic carbocycles. The number of hydrogen-bond acceptors (Lipinski definition) is 0. The van der Waals surface area contributed by atoms with Crippen LogP contribution in [-0.2, 0) is 0 Å². The zero-order valence-electron chi connectivity index (χ0n) is 5.82. The zero-order chi connectivity index (χ0) is 9.14. The van der Waals surface area contributed by atoms with E-state index >= 15 is 0 Å². The number of benzene rings is 1. The van der Waals surface area contributed by atoms with Gasteiger partial charge in [0.05, 0.1) is 0 Å². The van der Waals surface area contributed by atoms with Crippen LogP contribution in [0.5, 0.6) is 0 Å². The van der Waals surface area contributed by atoms with Crippen LogP contribution in [0.3, 0.4) is 0 Å². The van der Waals surface area contributed by atoms with Crippen LogP contribution < -0.4 is 0 Å². The molecule has 0 amide bonds. The average molecular weight is 242 g/mol. The van der Waals surface area contributed by atoms with E-state index in [9.17, 15) is 0 Å². The van der Waals surface area contributed by atoms with E-state index in [0.29, 0.717) is 10.0 Å². The van der Waals surface area contributed by atoms with Crippen molar-refractivity contribution in [3.05, 3.63) is 38.3 Å². The fraction of sp³-hybridized carbons (Fsp3) is 0. The van der Waals surface area contributed by atoms with Gasteiger partial charge in [0.15, 0.2) is 0 Å². The predicted octanol–water partition coefficient (Wildman–Crippen LogP) is 4.77. The molecule has 0 N–H and O–H groups in total. The Morgan fingerprint density at radius 1 is 1.17 bits per heavy atom. The summed E-state index contributed by atoms with van der Waals surface area (Å²) in [5.41, 5.74) is 0.751. The van der Waals surface area contributed by atoms with Crippen LogP contribution in [0.4, 0.5) is 0 Å². The Kier molecular flexibility index (Phi) is 3.73. The van der Waals surface area contributed by atoms with Gasteiger partial charge in [-0.05, 0) is 23.8 Å². The van der Waals surface area contributed by atoms with Gasteiger partial charge in [0.2, 0.25) is 0 Å². The van der Waals surface area contributed by atoms with E-state index in [0.717, 1.165) is 5.56 Å². The second-order valence-corrected chi connectivity index (χ2v) is 3.95. The fourth-order valence-corrected chi connectivity index (χ4v) is 1.43. The molecule has 0 saturated heterocycles. The highest BCUT2D eigenvalue weighted by atomic mass is 35.5. The molecule has 0 atom stereocenters. The quantitative estimate of drug-likeness (QED) is 0.665. The summed E-state index contributed by atoms with van der Waals surface area (Å²) >= 11 is 22.4. The van der Waals surface area contributed by atoms with E-state index in [4.69, 9.17) is 46.4 Å². The van der Waals surface area contributed by atoms with Gasteiger partial charge in [-0.3, -0.25) is 0 Å². The fourth-order valence-electron chi connectivity index (χ4n) is 0.736. The normalized spacial score (nSPS) is 9.67. The largest absolute Gasteiger partial charge is 0.107 e. The van der Waals surface area contributed by atoms with Crippen LogP contribution in [0.2, 0.25) is 10.0 Å². The molecule has 12 heavy (non-hydrogen) atoms. The van der Waals surface area contributed by atoms with Crippen LogP contribution in [-0.4, -0.2) is 0 Å². The number of rotatable bonds is 1. The van der Waals surface area contributed by atoms with Gasteiger partial charge in [-0.25, -0.2) is 0 Å². The Hall–Kier alpha value is 0.120. The highest BCUT2D eigenvalue weighted by molar-refractivity contribution is 6.57. The molecule has 0 radical (unpaired) electrons. The maximum absolute atomic E-state index is 5.83. The summed E-state index contributed by atoms with van der Waals surface area (Å²) in [5.74, 6) is 0. The van der Waals surface area contributed by atoms with Crippen LogP contribution in [0.25, 0.3) is 6.08 Å². The molecule has 0 fully saturated rings. The summed E-state index contributed by atoms with van der Waals surface area (Å²) < 4.78 is 0.166. The molecule has 0 unspecified atom stereocenters. The second kappa shape index (κ2) is 4.38. The SMILES string of the molecule is ClC(Cl)=Cc1ccc(Cl)cc1Cl. The molecular weight excluding hydrogens is 238 g/mol. The lowest BCUT2D eigenvalue weighted by molar-refractivity contribution is 1.66. The van der Waals surface area contributed by atoms with Gasteiger partial charge in [0, 0.05) is 10.0 Å². The zero-order valence-corrected chi connectivity index (χ0v) is 8.84. The molecule has 0 nitrogen and oxygen atoms in total. The van der Waals surface area contributed by atoms with Gasteiger partial charge < -0.3 is 0 Å². The molecule has 0 aliphatic rings. The van der Waals surface area contributed by atoms with Crippen molar-refractivity contribution in [2.75, 3.05) is 0 Å². The smallest absolute Gasteiger partial charge is 0.0843 e. The standard InChI is InChI=1S/C8H4Cl4/c9-6-2-1-5(3-8(11)12)7(10)4-6/h1-4H. The summed E-state index contributed by atoms with van der Waals surface area (Å²) in [6, 6.07) is 5.09. The first kappa shape index (κ1) is 10.2. The van der Waals surface area contributed by atoms with Crippen molar-refractivity contribution in [3.63, 3.8) is 0 Å². The molecule has 64 valence electrons. The third kappa shape index (κ3) is 2.87. The van der Waals surface area contributed by atoms with Crippen LogP contribution in [0, 0.1) is 0 Å². The topological polar surface area (TPSA) is 0 Å². The summed E-state index contributed by atoms with van der Waals surface area (Å²) in [7, 11) is 0.